The van der Waals surface area contributed by atoms with Gasteiger partial charge in [0.25, 0.3) is 5.91 Å². The summed E-state index contributed by atoms with van der Waals surface area (Å²) in [6.45, 7) is 0. The van der Waals surface area contributed by atoms with E-state index in [9.17, 15) is 19.7 Å². The molecule has 0 heterocycles. The molecule has 2 N–H and O–H groups in total. The zero-order valence-electron chi connectivity index (χ0n) is 14.0. The summed E-state index contributed by atoms with van der Waals surface area (Å²) in [5, 5.41) is 11.5. The topological polar surface area (TPSA) is 113 Å². The summed E-state index contributed by atoms with van der Waals surface area (Å²) in [4.78, 5) is 34.8. The molecule has 3 rings (SSSR count). The molecule has 0 aromatic heterocycles. The van der Waals surface area contributed by atoms with Gasteiger partial charge >= 0.3 is 5.69 Å². The Hall–Kier alpha value is -4.00. The first kappa shape index (κ1) is 17.8. The Labute approximate surface area is 154 Å². The largest absolute Gasteiger partial charge is 0.449 e. The first-order valence-electron chi connectivity index (χ1n) is 7.92. The maximum absolute atomic E-state index is 12.5. The van der Waals surface area contributed by atoms with Crippen molar-refractivity contribution in [2.24, 2.45) is 5.73 Å². The number of carbonyl (C=O) groups is 2. The minimum atomic E-state index is -0.718. The lowest BCUT2D eigenvalue weighted by atomic mass is 10.0. The normalized spacial score (nSPS) is 10.2. The minimum Gasteiger partial charge on any atom is -0.449 e. The number of nitro groups is 1. The van der Waals surface area contributed by atoms with Gasteiger partial charge in [0.05, 0.1) is 10.5 Å². The van der Waals surface area contributed by atoms with E-state index >= 15 is 0 Å². The van der Waals surface area contributed by atoms with Crippen LogP contribution in [0.15, 0.2) is 72.8 Å². The van der Waals surface area contributed by atoms with Crippen LogP contribution in [0, 0.1) is 10.1 Å². The van der Waals surface area contributed by atoms with Crippen LogP contribution in [0.3, 0.4) is 0 Å². The summed E-state index contributed by atoms with van der Waals surface area (Å²) in [7, 11) is 0. The molecule has 0 unspecified atom stereocenters. The fourth-order valence-electron chi connectivity index (χ4n) is 2.52. The van der Waals surface area contributed by atoms with Gasteiger partial charge in [0.1, 0.15) is 5.75 Å². The van der Waals surface area contributed by atoms with Gasteiger partial charge in [-0.05, 0) is 24.3 Å². The van der Waals surface area contributed by atoms with E-state index in [4.69, 9.17) is 10.5 Å². The second-order valence-corrected chi connectivity index (χ2v) is 5.60. The molecule has 0 spiro atoms. The van der Waals surface area contributed by atoms with Gasteiger partial charge in [0.15, 0.2) is 5.78 Å². The van der Waals surface area contributed by atoms with Crippen LogP contribution in [-0.2, 0) is 0 Å². The molecular formula is C20H14N2O5. The summed E-state index contributed by atoms with van der Waals surface area (Å²) >= 11 is 0. The van der Waals surface area contributed by atoms with E-state index in [1.165, 1.54) is 24.3 Å². The first-order chi connectivity index (χ1) is 13.0. The summed E-state index contributed by atoms with van der Waals surface area (Å²) in [5.74, 6) is -1.07. The quantitative estimate of drug-likeness (QED) is 0.408. The molecule has 7 nitrogen and oxygen atoms in total. The molecule has 0 aliphatic rings. The highest BCUT2D eigenvalue weighted by molar-refractivity contribution is 6.09. The zero-order valence-corrected chi connectivity index (χ0v) is 14.0. The number of rotatable bonds is 6. The lowest BCUT2D eigenvalue weighted by molar-refractivity contribution is -0.385. The fourth-order valence-corrected chi connectivity index (χ4v) is 2.52. The van der Waals surface area contributed by atoms with Crippen LogP contribution >= 0.6 is 0 Å². The van der Waals surface area contributed by atoms with E-state index in [1.54, 1.807) is 42.5 Å². The van der Waals surface area contributed by atoms with Crippen molar-refractivity contribution >= 4 is 17.4 Å². The molecule has 0 saturated carbocycles. The average molecular weight is 362 g/mol. The Bertz CT molecular complexity index is 1030. The molecule has 0 aliphatic heterocycles. The van der Waals surface area contributed by atoms with Gasteiger partial charge in [-0.25, -0.2) is 0 Å². The monoisotopic (exact) mass is 362 g/mol. The molecule has 7 heteroatoms. The van der Waals surface area contributed by atoms with Gasteiger partial charge in [0.2, 0.25) is 5.75 Å². The van der Waals surface area contributed by atoms with Crippen LogP contribution < -0.4 is 10.5 Å². The predicted molar refractivity (Wildman–Crippen MR) is 98.0 cm³/mol. The molecule has 0 bridgehead atoms. The number of primary amides is 1. The number of hydrogen-bond acceptors (Lipinski definition) is 5. The van der Waals surface area contributed by atoms with Crippen molar-refractivity contribution in [1.29, 1.82) is 0 Å². The molecule has 3 aromatic rings. The maximum Gasteiger partial charge on any atom is 0.312 e. The lowest BCUT2D eigenvalue weighted by Crippen LogP contribution is -2.12. The zero-order chi connectivity index (χ0) is 19.4. The number of nitro benzene ring substituents is 1. The number of nitrogens with two attached hydrogens (primary N) is 1. The van der Waals surface area contributed by atoms with E-state index in [0.717, 1.165) is 6.07 Å². The van der Waals surface area contributed by atoms with Crippen molar-refractivity contribution in [1.82, 2.24) is 0 Å². The third-order valence-corrected chi connectivity index (χ3v) is 3.83. The van der Waals surface area contributed by atoms with E-state index in [-0.39, 0.29) is 28.4 Å². The number of carbonyl (C=O) groups excluding carboxylic acids is 2. The lowest BCUT2D eigenvalue weighted by Gasteiger charge is -2.10. The molecule has 0 radical (unpaired) electrons. The molecule has 134 valence electrons. The number of ketones is 1. The average Bonchev–Trinajstić information content (AvgIpc) is 2.68. The molecule has 0 saturated heterocycles. The number of nitrogens with zero attached hydrogens (tertiary/aromatic N) is 1. The van der Waals surface area contributed by atoms with Gasteiger partial charge in [-0.15, -0.1) is 0 Å². The van der Waals surface area contributed by atoms with E-state index in [0.29, 0.717) is 5.56 Å². The number of ether oxygens (including phenoxy) is 1. The van der Waals surface area contributed by atoms with Crippen molar-refractivity contribution in [2.75, 3.05) is 0 Å². The first-order valence-corrected chi connectivity index (χ1v) is 7.92. The Kier molecular flexibility index (Phi) is 4.94. The van der Waals surface area contributed by atoms with Crippen molar-refractivity contribution in [3.05, 3.63) is 99.6 Å². The van der Waals surface area contributed by atoms with Crippen molar-refractivity contribution < 1.29 is 19.2 Å². The van der Waals surface area contributed by atoms with Crippen LogP contribution in [0.2, 0.25) is 0 Å². The molecule has 27 heavy (non-hydrogen) atoms. The highest BCUT2D eigenvalue weighted by atomic mass is 16.6. The van der Waals surface area contributed by atoms with Crippen molar-refractivity contribution in [2.45, 2.75) is 0 Å². The Morgan fingerprint density at radius 3 is 2.19 bits per heavy atom. The summed E-state index contributed by atoms with van der Waals surface area (Å²) in [5.41, 5.74) is 5.57. The van der Waals surface area contributed by atoms with E-state index in [2.05, 4.69) is 0 Å². The highest BCUT2D eigenvalue weighted by Crippen LogP contribution is 2.34. The summed E-state index contributed by atoms with van der Waals surface area (Å²) in [6.07, 6.45) is 0. The number of amides is 1. The van der Waals surface area contributed by atoms with Gasteiger partial charge < -0.3 is 10.5 Å². The Balaban J connectivity index is 2.00. The molecular weight excluding hydrogens is 348 g/mol. The minimum absolute atomic E-state index is 0.0928. The van der Waals surface area contributed by atoms with Crippen LogP contribution in [0.5, 0.6) is 11.5 Å². The van der Waals surface area contributed by atoms with Crippen molar-refractivity contribution in [3.63, 3.8) is 0 Å². The number of benzene rings is 3. The highest BCUT2D eigenvalue weighted by Gasteiger charge is 2.21. The van der Waals surface area contributed by atoms with E-state index < -0.39 is 16.5 Å². The predicted octanol–water partition coefficient (Wildman–Crippen LogP) is 3.72. The maximum atomic E-state index is 12.5. The standard InChI is InChI=1S/C20H14N2O5/c21-20(24)15-8-4-5-9-17(15)27-18-11-10-14(12-16(18)22(25)26)19(23)13-6-2-1-3-7-13/h1-12H,(H2,21,24). The Morgan fingerprint density at radius 1 is 0.852 bits per heavy atom. The molecule has 1 amide bonds. The van der Waals surface area contributed by atoms with Crippen LogP contribution in [-0.4, -0.2) is 16.6 Å². The fraction of sp³-hybridized carbons (Fsp3) is 0. The van der Waals surface area contributed by atoms with Gasteiger partial charge in [-0.1, -0.05) is 42.5 Å². The van der Waals surface area contributed by atoms with E-state index in [1.807, 2.05) is 0 Å². The molecule has 0 atom stereocenters. The number of para-hydroxylation sites is 1. The third kappa shape index (κ3) is 3.82. The number of hydrogen-bond donors (Lipinski definition) is 1. The SMILES string of the molecule is NC(=O)c1ccccc1Oc1ccc(C(=O)c2ccccc2)cc1[N+](=O)[O-]. The van der Waals surface area contributed by atoms with Crippen LogP contribution in [0.1, 0.15) is 26.3 Å². The summed E-state index contributed by atoms with van der Waals surface area (Å²) in [6, 6.07) is 18.5. The Morgan fingerprint density at radius 2 is 1.52 bits per heavy atom. The third-order valence-electron chi connectivity index (χ3n) is 3.83. The molecule has 0 fully saturated rings. The van der Waals surface area contributed by atoms with Crippen LogP contribution in [0.4, 0.5) is 5.69 Å². The van der Waals surface area contributed by atoms with Gasteiger partial charge in [0, 0.05) is 17.2 Å². The van der Waals surface area contributed by atoms with Crippen molar-refractivity contribution in [3.8, 4) is 11.5 Å². The smallest absolute Gasteiger partial charge is 0.312 e. The second kappa shape index (κ2) is 7.49. The second-order valence-electron chi connectivity index (χ2n) is 5.60. The van der Waals surface area contributed by atoms with Crippen LogP contribution in [0.25, 0.3) is 0 Å². The molecule has 0 aliphatic carbocycles. The van der Waals surface area contributed by atoms with Gasteiger partial charge in [-0.2, -0.15) is 0 Å². The van der Waals surface area contributed by atoms with Gasteiger partial charge in [-0.3, -0.25) is 19.7 Å². The molecule has 3 aromatic carbocycles. The summed E-state index contributed by atoms with van der Waals surface area (Å²) < 4.78 is 5.55.